The molecule has 0 bridgehead atoms. The highest BCUT2D eigenvalue weighted by Gasteiger charge is 2.35. The van der Waals surface area contributed by atoms with Gasteiger partial charge in [0.15, 0.2) is 0 Å². The molecule has 3 nitrogen and oxygen atoms in total. The summed E-state index contributed by atoms with van der Waals surface area (Å²) < 4.78 is 75.6. The Labute approximate surface area is 85.6 Å². The molecule has 0 aliphatic heterocycles. The number of hydrogen-bond acceptors (Lipinski definition) is 2. The molecule has 0 fully saturated rings. The highest BCUT2D eigenvalue weighted by atomic mass is 19.4. The van der Waals surface area contributed by atoms with Crippen molar-refractivity contribution < 1.29 is 31.1 Å². The van der Waals surface area contributed by atoms with Gasteiger partial charge in [-0.25, -0.2) is 13.2 Å². The molecule has 92 valence electrons. The second-order valence-corrected chi connectivity index (χ2v) is 2.80. The topological polar surface area (TPSA) is 27.1 Å². The molecule has 0 saturated carbocycles. The summed E-state index contributed by atoms with van der Waals surface area (Å²) in [5.74, 6) is 0. The summed E-state index contributed by atoms with van der Waals surface area (Å²) in [6, 6.07) is 0.515. The molecule has 0 saturated heterocycles. The lowest BCUT2D eigenvalue weighted by Gasteiger charge is -2.09. The van der Waals surface area contributed by atoms with Crippen LogP contribution in [-0.2, 0) is 11.8 Å². The predicted octanol–water partition coefficient (Wildman–Crippen LogP) is 2.86. The molecule has 0 spiro atoms. The lowest BCUT2D eigenvalue weighted by molar-refractivity contribution is -0.363. The number of ether oxygens (including phenoxy) is 1. The number of halogens is 6. The number of hydrogen-bond donors (Lipinski definition) is 0. The first-order valence-corrected chi connectivity index (χ1v) is 3.91. The molecule has 1 unspecified atom stereocenters. The van der Waals surface area contributed by atoms with Gasteiger partial charge in [0, 0.05) is 7.05 Å². The van der Waals surface area contributed by atoms with E-state index in [2.05, 4.69) is 9.84 Å². The Hall–Kier alpha value is -1.25. The molecule has 0 radical (unpaired) electrons. The van der Waals surface area contributed by atoms with Gasteiger partial charge in [-0.3, -0.25) is 9.42 Å². The first kappa shape index (κ1) is 12.8. The van der Waals surface area contributed by atoms with Crippen LogP contribution in [-0.4, -0.2) is 16.1 Å². The van der Waals surface area contributed by atoms with Crippen LogP contribution in [0.2, 0.25) is 0 Å². The summed E-state index contributed by atoms with van der Waals surface area (Å²) in [7, 11) is 1.06. The Bertz CT molecular complexity index is 360. The van der Waals surface area contributed by atoms with Gasteiger partial charge in [0.05, 0.1) is 0 Å². The van der Waals surface area contributed by atoms with E-state index in [4.69, 9.17) is 0 Å². The molecule has 0 aromatic carbocycles. The van der Waals surface area contributed by atoms with E-state index in [9.17, 15) is 26.3 Å². The molecule has 9 heteroatoms. The van der Waals surface area contributed by atoms with Crippen LogP contribution < -0.4 is 0 Å². The summed E-state index contributed by atoms with van der Waals surface area (Å²) in [6.45, 7) is 0. The van der Waals surface area contributed by atoms with Crippen LogP contribution in [0, 0.1) is 0 Å². The largest absolute Gasteiger partial charge is 0.525 e. The molecule has 0 aliphatic carbocycles. The molecule has 1 rings (SSSR count). The maximum absolute atomic E-state index is 12.8. The molecule has 16 heavy (non-hydrogen) atoms. The van der Waals surface area contributed by atoms with Crippen LogP contribution in [0.25, 0.3) is 0 Å². The summed E-state index contributed by atoms with van der Waals surface area (Å²) >= 11 is 0. The van der Waals surface area contributed by atoms with Crippen molar-refractivity contribution in [3.05, 3.63) is 17.5 Å². The minimum Gasteiger partial charge on any atom is -0.266 e. The lowest BCUT2D eigenvalue weighted by atomic mass is 10.3. The van der Waals surface area contributed by atoms with Crippen molar-refractivity contribution in [3.63, 3.8) is 0 Å². The third kappa shape index (κ3) is 3.12. The lowest BCUT2D eigenvalue weighted by Crippen LogP contribution is -2.16. The third-order valence-electron chi connectivity index (χ3n) is 1.63. The van der Waals surface area contributed by atoms with Crippen molar-refractivity contribution in [2.45, 2.75) is 19.1 Å². The number of aromatic nitrogens is 2. The van der Waals surface area contributed by atoms with Crippen LogP contribution in [0.4, 0.5) is 26.3 Å². The molecule has 0 N–H and O–H groups in total. The Morgan fingerprint density at radius 3 is 2.25 bits per heavy atom. The standard InChI is InChI=1S/C7H6F6N2O/c1-15-4(5(8)9)2-3(14-15)6(10)16-7(11,12)13/h2,5-6H,1H3. The van der Waals surface area contributed by atoms with Crippen LogP contribution in [0.5, 0.6) is 0 Å². The van der Waals surface area contributed by atoms with E-state index in [-0.39, 0.29) is 0 Å². The van der Waals surface area contributed by atoms with Crippen LogP contribution in [0.15, 0.2) is 6.07 Å². The highest BCUT2D eigenvalue weighted by molar-refractivity contribution is 5.12. The van der Waals surface area contributed by atoms with Crippen molar-refractivity contribution >= 4 is 0 Å². The van der Waals surface area contributed by atoms with Crippen molar-refractivity contribution in [2.75, 3.05) is 0 Å². The van der Waals surface area contributed by atoms with Gasteiger partial charge in [0.2, 0.25) is 0 Å². The minimum atomic E-state index is -5.19. The first-order chi connectivity index (χ1) is 7.20. The average molecular weight is 248 g/mol. The summed E-state index contributed by atoms with van der Waals surface area (Å²) in [6.07, 6.45) is -11.1. The predicted molar refractivity (Wildman–Crippen MR) is 39.2 cm³/mol. The third-order valence-corrected chi connectivity index (χ3v) is 1.63. The molecule has 0 aliphatic rings. The maximum Gasteiger partial charge on any atom is 0.525 e. The van der Waals surface area contributed by atoms with Gasteiger partial charge in [-0.2, -0.15) is 5.10 Å². The fourth-order valence-electron chi connectivity index (χ4n) is 0.998. The Kier molecular flexibility index (Phi) is 3.46. The Morgan fingerprint density at radius 1 is 1.31 bits per heavy atom. The van der Waals surface area contributed by atoms with E-state index < -0.39 is 30.5 Å². The van der Waals surface area contributed by atoms with Crippen molar-refractivity contribution in [1.82, 2.24) is 9.78 Å². The van der Waals surface area contributed by atoms with Crippen LogP contribution >= 0.6 is 0 Å². The Balaban J connectivity index is 2.85. The van der Waals surface area contributed by atoms with Crippen LogP contribution in [0.3, 0.4) is 0 Å². The van der Waals surface area contributed by atoms with Crippen molar-refractivity contribution in [2.24, 2.45) is 7.05 Å². The molecule has 0 amide bonds. The molecule has 1 atom stereocenters. The first-order valence-electron chi connectivity index (χ1n) is 3.91. The molecular formula is C7H6F6N2O. The van der Waals surface area contributed by atoms with E-state index in [1.807, 2.05) is 0 Å². The fourth-order valence-corrected chi connectivity index (χ4v) is 0.998. The molecule has 1 aromatic heterocycles. The second-order valence-electron chi connectivity index (χ2n) is 2.80. The zero-order chi connectivity index (χ0) is 12.5. The van der Waals surface area contributed by atoms with Gasteiger partial charge < -0.3 is 0 Å². The second kappa shape index (κ2) is 4.32. The van der Waals surface area contributed by atoms with Gasteiger partial charge in [-0.15, -0.1) is 13.2 Å². The van der Waals surface area contributed by atoms with E-state index in [1.54, 1.807) is 0 Å². The summed E-state index contributed by atoms with van der Waals surface area (Å²) in [5, 5.41) is 3.15. The number of alkyl halides is 6. The van der Waals surface area contributed by atoms with E-state index in [0.717, 1.165) is 7.05 Å². The highest BCUT2D eigenvalue weighted by Crippen LogP contribution is 2.29. The van der Waals surface area contributed by atoms with Crippen LogP contribution in [0.1, 0.15) is 24.2 Å². The summed E-state index contributed by atoms with van der Waals surface area (Å²) in [5.41, 5.74) is -1.54. The zero-order valence-electron chi connectivity index (χ0n) is 7.80. The Morgan fingerprint density at radius 2 is 1.88 bits per heavy atom. The number of nitrogens with zero attached hydrogens (tertiary/aromatic N) is 2. The SMILES string of the molecule is Cn1nc(C(F)OC(F)(F)F)cc1C(F)F. The quantitative estimate of drug-likeness (QED) is 0.769. The van der Waals surface area contributed by atoms with Crippen molar-refractivity contribution in [1.29, 1.82) is 0 Å². The molecule has 1 aromatic rings. The van der Waals surface area contributed by atoms with Crippen molar-refractivity contribution in [3.8, 4) is 0 Å². The molecule has 1 heterocycles. The zero-order valence-corrected chi connectivity index (χ0v) is 7.80. The monoisotopic (exact) mass is 248 g/mol. The maximum atomic E-state index is 12.8. The minimum absolute atomic E-state index is 0.515. The average Bonchev–Trinajstić information content (AvgIpc) is 2.44. The summed E-state index contributed by atoms with van der Waals surface area (Å²) in [4.78, 5) is 0. The molecular weight excluding hydrogens is 242 g/mol. The van der Waals surface area contributed by atoms with Gasteiger partial charge in [-0.1, -0.05) is 0 Å². The normalized spacial score (nSPS) is 14.5. The van der Waals surface area contributed by atoms with Gasteiger partial charge >= 0.3 is 6.36 Å². The van der Waals surface area contributed by atoms with E-state index >= 15 is 0 Å². The number of aryl methyl sites for hydroxylation is 1. The van der Waals surface area contributed by atoms with E-state index in [0.29, 0.717) is 10.7 Å². The van der Waals surface area contributed by atoms with Gasteiger partial charge in [0.25, 0.3) is 12.8 Å². The number of rotatable bonds is 3. The van der Waals surface area contributed by atoms with Gasteiger partial charge in [0.1, 0.15) is 11.4 Å². The fraction of sp³-hybridized carbons (Fsp3) is 0.571. The van der Waals surface area contributed by atoms with Gasteiger partial charge in [-0.05, 0) is 6.07 Å². The van der Waals surface area contributed by atoms with E-state index in [1.165, 1.54) is 0 Å². The smallest absolute Gasteiger partial charge is 0.266 e.